The number of hydrogen-bond donors (Lipinski definition) is 1. The highest BCUT2D eigenvalue weighted by Crippen LogP contribution is 2.13. The molecule has 2 rings (SSSR count). The van der Waals surface area contributed by atoms with E-state index in [1.54, 1.807) is 16.2 Å². The Hall–Kier alpha value is -1.40. The van der Waals surface area contributed by atoms with E-state index in [9.17, 15) is 9.59 Å². The lowest BCUT2D eigenvalue weighted by molar-refractivity contribution is -0.159. The van der Waals surface area contributed by atoms with Crippen molar-refractivity contribution in [3.8, 4) is 0 Å². The van der Waals surface area contributed by atoms with Gasteiger partial charge < -0.3 is 14.7 Å². The Labute approximate surface area is 109 Å². The molecule has 0 spiro atoms. The van der Waals surface area contributed by atoms with Gasteiger partial charge in [0.05, 0.1) is 13.2 Å². The topological polar surface area (TPSA) is 66.8 Å². The molecule has 0 saturated carbocycles. The Morgan fingerprint density at radius 3 is 3.06 bits per heavy atom. The molecule has 0 aliphatic carbocycles. The number of carboxylic acid groups (broad SMARTS) is 1. The maximum absolute atomic E-state index is 11.9. The minimum absolute atomic E-state index is 0.00190. The van der Waals surface area contributed by atoms with Crippen molar-refractivity contribution in [1.29, 1.82) is 0 Å². The molecule has 1 amide bonds. The second-order valence-electron chi connectivity index (χ2n) is 4.12. The first-order valence-corrected chi connectivity index (χ1v) is 6.69. The molecule has 0 unspecified atom stereocenters. The third kappa shape index (κ3) is 3.30. The van der Waals surface area contributed by atoms with Crippen LogP contribution in [0.3, 0.4) is 0 Å². The third-order valence-electron chi connectivity index (χ3n) is 2.86. The second-order valence-corrected chi connectivity index (χ2v) is 5.15. The molecule has 1 atom stereocenters. The SMILES string of the molecule is O=C(O)[C@H]1CN(C(=O)CCc2cccs2)CCO1. The number of amides is 1. The van der Waals surface area contributed by atoms with Crippen molar-refractivity contribution in [3.05, 3.63) is 22.4 Å². The van der Waals surface area contributed by atoms with Crippen molar-refractivity contribution in [1.82, 2.24) is 4.90 Å². The van der Waals surface area contributed by atoms with Crippen LogP contribution in [0.4, 0.5) is 0 Å². The molecule has 0 bridgehead atoms. The number of aliphatic carboxylic acids is 1. The van der Waals surface area contributed by atoms with Crippen molar-refractivity contribution in [2.75, 3.05) is 19.7 Å². The molecular formula is C12H15NO4S. The van der Waals surface area contributed by atoms with E-state index in [1.165, 1.54) is 4.88 Å². The number of nitrogens with zero attached hydrogens (tertiary/aromatic N) is 1. The van der Waals surface area contributed by atoms with Gasteiger partial charge in [-0.2, -0.15) is 0 Å². The van der Waals surface area contributed by atoms with Crippen LogP contribution in [0.5, 0.6) is 0 Å². The number of thiophene rings is 1. The lowest BCUT2D eigenvalue weighted by Crippen LogP contribution is -2.48. The lowest BCUT2D eigenvalue weighted by Gasteiger charge is -2.30. The molecule has 98 valence electrons. The van der Waals surface area contributed by atoms with Crippen LogP contribution in [-0.2, 0) is 20.7 Å². The lowest BCUT2D eigenvalue weighted by atomic mass is 10.2. The van der Waals surface area contributed by atoms with E-state index in [-0.39, 0.29) is 12.5 Å². The summed E-state index contributed by atoms with van der Waals surface area (Å²) in [5.74, 6) is -1.01. The van der Waals surface area contributed by atoms with E-state index < -0.39 is 12.1 Å². The Bertz CT molecular complexity index is 418. The number of morpholine rings is 1. The molecule has 6 heteroatoms. The Morgan fingerprint density at radius 2 is 2.39 bits per heavy atom. The number of aryl methyl sites for hydroxylation is 1. The highest BCUT2D eigenvalue weighted by molar-refractivity contribution is 7.09. The van der Waals surface area contributed by atoms with E-state index in [4.69, 9.17) is 9.84 Å². The van der Waals surface area contributed by atoms with Gasteiger partial charge in [-0.1, -0.05) is 6.07 Å². The van der Waals surface area contributed by atoms with Crippen molar-refractivity contribution in [2.24, 2.45) is 0 Å². The summed E-state index contributed by atoms with van der Waals surface area (Å²) in [4.78, 5) is 25.5. The average Bonchev–Trinajstić information content (AvgIpc) is 2.89. The van der Waals surface area contributed by atoms with Gasteiger partial charge in [-0.15, -0.1) is 11.3 Å². The molecule has 1 aromatic heterocycles. The predicted octanol–water partition coefficient (Wildman–Crippen LogP) is 0.993. The molecule has 1 fully saturated rings. The zero-order valence-electron chi connectivity index (χ0n) is 9.87. The molecular weight excluding hydrogens is 254 g/mol. The molecule has 5 nitrogen and oxygen atoms in total. The van der Waals surface area contributed by atoms with Gasteiger partial charge in [0.1, 0.15) is 0 Å². The van der Waals surface area contributed by atoms with Gasteiger partial charge in [-0.05, 0) is 17.9 Å². The van der Waals surface area contributed by atoms with Crippen LogP contribution in [0, 0.1) is 0 Å². The van der Waals surface area contributed by atoms with Crippen LogP contribution in [0.2, 0.25) is 0 Å². The Balaban J connectivity index is 1.83. The minimum Gasteiger partial charge on any atom is -0.479 e. The number of carbonyl (C=O) groups is 2. The summed E-state index contributed by atoms with van der Waals surface area (Å²) in [6, 6.07) is 3.96. The molecule has 1 saturated heterocycles. The van der Waals surface area contributed by atoms with Crippen LogP contribution in [0.25, 0.3) is 0 Å². The maximum Gasteiger partial charge on any atom is 0.334 e. The zero-order chi connectivity index (χ0) is 13.0. The number of rotatable bonds is 4. The summed E-state index contributed by atoms with van der Waals surface area (Å²) in [6.45, 7) is 0.924. The fourth-order valence-electron chi connectivity index (χ4n) is 1.87. The molecule has 1 N–H and O–H groups in total. The van der Waals surface area contributed by atoms with Crippen LogP contribution < -0.4 is 0 Å². The van der Waals surface area contributed by atoms with Crippen LogP contribution in [0.1, 0.15) is 11.3 Å². The predicted molar refractivity (Wildman–Crippen MR) is 66.6 cm³/mol. The number of hydrogen-bond acceptors (Lipinski definition) is 4. The largest absolute Gasteiger partial charge is 0.479 e. The fourth-order valence-corrected chi connectivity index (χ4v) is 2.58. The first-order valence-electron chi connectivity index (χ1n) is 5.81. The van der Waals surface area contributed by atoms with Crippen molar-refractivity contribution < 1.29 is 19.4 Å². The van der Waals surface area contributed by atoms with E-state index >= 15 is 0 Å². The van der Waals surface area contributed by atoms with Gasteiger partial charge in [-0.3, -0.25) is 4.79 Å². The third-order valence-corrected chi connectivity index (χ3v) is 3.80. The zero-order valence-corrected chi connectivity index (χ0v) is 10.7. The van der Waals surface area contributed by atoms with E-state index in [2.05, 4.69) is 0 Å². The van der Waals surface area contributed by atoms with Gasteiger partial charge >= 0.3 is 5.97 Å². The summed E-state index contributed by atoms with van der Waals surface area (Å²) in [5.41, 5.74) is 0. The quantitative estimate of drug-likeness (QED) is 0.885. The van der Waals surface area contributed by atoms with Crippen molar-refractivity contribution in [3.63, 3.8) is 0 Å². The summed E-state index contributed by atoms with van der Waals surface area (Å²) < 4.78 is 5.08. The van der Waals surface area contributed by atoms with Gasteiger partial charge in [0.15, 0.2) is 6.10 Å². The highest BCUT2D eigenvalue weighted by Gasteiger charge is 2.28. The van der Waals surface area contributed by atoms with Crippen LogP contribution >= 0.6 is 11.3 Å². The normalized spacial score (nSPS) is 19.8. The second kappa shape index (κ2) is 5.97. The molecule has 0 aromatic carbocycles. The highest BCUT2D eigenvalue weighted by atomic mass is 32.1. The number of carbonyl (C=O) groups excluding carboxylic acids is 1. The standard InChI is InChI=1S/C12H15NO4S/c14-11(4-3-9-2-1-7-18-9)13-5-6-17-10(8-13)12(15)16/h1-2,7,10H,3-6,8H2,(H,15,16)/t10-/m1/s1. The fraction of sp³-hybridized carbons (Fsp3) is 0.500. The molecule has 1 aliphatic rings. The number of ether oxygens (including phenoxy) is 1. The maximum atomic E-state index is 11.9. The van der Waals surface area contributed by atoms with E-state index in [1.807, 2.05) is 17.5 Å². The smallest absolute Gasteiger partial charge is 0.334 e. The number of carboxylic acids is 1. The van der Waals surface area contributed by atoms with E-state index in [0.29, 0.717) is 26.0 Å². The van der Waals surface area contributed by atoms with Gasteiger partial charge in [-0.25, -0.2) is 4.79 Å². The average molecular weight is 269 g/mol. The van der Waals surface area contributed by atoms with Gasteiger partial charge in [0.2, 0.25) is 5.91 Å². The van der Waals surface area contributed by atoms with Crippen LogP contribution in [0.15, 0.2) is 17.5 Å². The van der Waals surface area contributed by atoms with Crippen molar-refractivity contribution >= 4 is 23.2 Å². The Morgan fingerprint density at radius 1 is 1.56 bits per heavy atom. The monoisotopic (exact) mass is 269 g/mol. The Kier molecular flexibility index (Phi) is 4.33. The summed E-state index contributed by atoms with van der Waals surface area (Å²) in [5, 5.41) is 10.8. The molecule has 2 heterocycles. The summed E-state index contributed by atoms with van der Waals surface area (Å²) in [7, 11) is 0. The van der Waals surface area contributed by atoms with Crippen molar-refractivity contribution in [2.45, 2.75) is 18.9 Å². The molecule has 0 radical (unpaired) electrons. The molecule has 18 heavy (non-hydrogen) atoms. The summed E-state index contributed by atoms with van der Waals surface area (Å²) in [6.07, 6.45) is 0.253. The van der Waals surface area contributed by atoms with Gasteiger partial charge in [0.25, 0.3) is 0 Å². The van der Waals surface area contributed by atoms with Crippen LogP contribution in [-0.4, -0.2) is 47.7 Å². The molecule has 1 aliphatic heterocycles. The first-order chi connectivity index (χ1) is 8.66. The van der Waals surface area contributed by atoms with E-state index in [0.717, 1.165) is 0 Å². The minimum atomic E-state index is -1.01. The summed E-state index contributed by atoms with van der Waals surface area (Å²) >= 11 is 1.63. The first kappa shape index (κ1) is 13.0. The van der Waals surface area contributed by atoms with Gasteiger partial charge in [0, 0.05) is 17.8 Å². The molecule has 1 aromatic rings.